The number of amides is 1. The summed E-state index contributed by atoms with van der Waals surface area (Å²) in [7, 11) is -3.75. The fraction of sp³-hybridized carbons (Fsp3) is 0.700. The number of carbonyl (C=O) groups is 1. The third kappa shape index (κ3) is 9.16. The van der Waals surface area contributed by atoms with E-state index in [9.17, 15) is 9.36 Å². The Balaban J connectivity index is 3.31. The van der Waals surface area contributed by atoms with Crippen LogP contribution in [0.2, 0.25) is 0 Å². The normalized spacial score (nSPS) is 15.0. The van der Waals surface area contributed by atoms with Crippen LogP contribution in [-0.4, -0.2) is 36.9 Å². The smallest absolute Gasteiger partial charge is 0.456 e. The van der Waals surface area contributed by atoms with Crippen LogP contribution in [0.4, 0.5) is 4.79 Å². The Labute approximate surface area is 183 Å². The van der Waals surface area contributed by atoms with Crippen LogP contribution < -0.4 is 5.32 Å². The molecular weight excluding hydrogens is 427 g/mol. The Morgan fingerprint density at radius 3 is 2.23 bits per heavy atom. The minimum atomic E-state index is -3.75. The Hall–Kier alpha value is -1.41. The number of alkyl carbamates (subject to hydrolysis) is 1. The van der Waals surface area contributed by atoms with E-state index in [1.165, 1.54) is 11.3 Å². The Morgan fingerprint density at radius 2 is 1.80 bits per heavy atom. The van der Waals surface area contributed by atoms with E-state index in [0.717, 1.165) is 4.88 Å². The first-order valence-corrected chi connectivity index (χ1v) is 12.5. The van der Waals surface area contributed by atoms with Gasteiger partial charge >= 0.3 is 13.8 Å². The van der Waals surface area contributed by atoms with Gasteiger partial charge < -0.3 is 14.8 Å². The predicted molar refractivity (Wildman–Crippen MR) is 120 cm³/mol. The lowest BCUT2D eigenvalue weighted by Gasteiger charge is -2.28. The topological polar surface area (TPSA) is 95.5 Å². The first-order chi connectivity index (χ1) is 13.9. The van der Waals surface area contributed by atoms with Crippen molar-refractivity contribution in [3.8, 4) is 0 Å². The number of hydrogen-bond acceptors (Lipinski definition) is 7. The van der Waals surface area contributed by atoms with Crippen molar-refractivity contribution < 1.29 is 27.9 Å². The van der Waals surface area contributed by atoms with Gasteiger partial charge in [0.15, 0.2) is 5.90 Å². The lowest BCUT2D eigenvalue weighted by Crippen LogP contribution is -2.39. The lowest BCUT2D eigenvalue weighted by atomic mass is 10.00. The second-order valence-electron chi connectivity index (χ2n) is 7.84. The second-order valence-corrected chi connectivity index (χ2v) is 10.5. The molecule has 10 heteroatoms. The summed E-state index contributed by atoms with van der Waals surface area (Å²) < 4.78 is 39.2. The zero-order valence-electron chi connectivity index (χ0n) is 19.1. The summed E-state index contributed by atoms with van der Waals surface area (Å²) in [6.45, 7) is 14.7. The molecule has 1 heterocycles. The van der Waals surface area contributed by atoms with Gasteiger partial charge in [0.2, 0.25) is 0 Å². The Morgan fingerprint density at radius 1 is 1.20 bits per heavy atom. The molecule has 0 saturated heterocycles. The van der Waals surface area contributed by atoms with E-state index in [-0.39, 0.29) is 25.2 Å². The summed E-state index contributed by atoms with van der Waals surface area (Å²) in [6, 6.07) is 3.29. The highest BCUT2D eigenvalue weighted by Crippen LogP contribution is 2.50. The monoisotopic (exact) mass is 462 g/mol. The van der Waals surface area contributed by atoms with Gasteiger partial charge in [-0.15, -0.1) is 16.1 Å². The molecule has 2 atom stereocenters. The molecule has 1 aromatic heterocycles. The lowest BCUT2D eigenvalue weighted by molar-refractivity contribution is 0.0493. The third-order valence-corrected chi connectivity index (χ3v) is 6.14. The molecule has 0 bridgehead atoms. The summed E-state index contributed by atoms with van der Waals surface area (Å²) in [4.78, 5) is 13.4. The van der Waals surface area contributed by atoms with E-state index < -0.39 is 31.4 Å². The number of rotatable bonds is 10. The molecule has 30 heavy (non-hydrogen) atoms. The van der Waals surface area contributed by atoms with Crippen LogP contribution >= 0.6 is 19.1 Å². The van der Waals surface area contributed by atoms with Crippen molar-refractivity contribution in [2.45, 2.75) is 73.1 Å². The number of nitrogens with one attached hydrogen (secondary N) is 1. The highest BCUT2D eigenvalue weighted by Gasteiger charge is 2.33. The molecule has 0 spiro atoms. The maximum atomic E-state index is 13.0. The fourth-order valence-electron chi connectivity index (χ4n) is 2.49. The van der Waals surface area contributed by atoms with Gasteiger partial charge in [0.25, 0.3) is 0 Å². The molecule has 0 fully saturated rings. The van der Waals surface area contributed by atoms with E-state index in [0.29, 0.717) is 0 Å². The van der Waals surface area contributed by atoms with Crippen molar-refractivity contribution in [2.75, 3.05) is 13.2 Å². The van der Waals surface area contributed by atoms with Crippen molar-refractivity contribution >= 4 is 31.1 Å². The number of nitrogens with zero attached hydrogens (tertiary/aromatic N) is 1. The van der Waals surface area contributed by atoms with Crippen molar-refractivity contribution in [1.82, 2.24) is 5.32 Å². The first-order valence-electron chi connectivity index (χ1n) is 10.1. The molecular formula is C20H35N2O6PS. The summed E-state index contributed by atoms with van der Waals surface area (Å²) >= 11 is 1.48. The van der Waals surface area contributed by atoms with E-state index in [2.05, 4.69) is 10.1 Å². The number of hydrogen-bond donors (Lipinski definition) is 1. The van der Waals surface area contributed by atoms with Gasteiger partial charge in [0.1, 0.15) is 5.60 Å². The molecule has 0 aliphatic carbocycles. The predicted octanol–water partition coefficient (Wildman–Crippen LogP) is 5.95. The van der Waals surface area contributed by atoms with Gasteiger partial charge in [-0.2, -0.15) is 0 Å². The Kier molecular flexibility index (Phi) is 10.5. The maximum Gasteiger partial charge on any atom is 0.456 e. The Bertz CT molecular complexity index is 720. The molecule has 1 amide bonds. The molecule has 0 aromatic carbocycles. The zero-order chi connectivity index (χ0) is 22.9. The summed E-state index contributed by atoms with van der Waals surface area (Å²) in [6.07, 6.45) is -0.789. The van der Waals surface area contributed by atoms with Crippen molar-refractivity contribution in [1.29, 1.82) is 0 Å². The fourth-order valence-corrected chi connectivity index (χ4v) is 4.69. The molecule has 1 N–H and O–H groups in total. The van der Waals surface area contributed by atoms with Crippen LogP contribution in [0.25, 0.3) is 0 Å². The molecule has 0 radical (unpaired) electrons. The molecule has 0 unspecified atom stereocenters. The SMILES string of the molecule is CCOP(=O)(/N=C(\OC(C)C)[C@H](C)[C@H](NC(=O)OC(C)(C)C)c1cccs1)OCC. The molecule has 0 aliphatic heterocycles. The first kappa shape index (κ1) is 26.6. The van der Waals surface area contributed by atoms with Crippen LogP contribution in [0.15, 0.2) is 22.3 Å². The van der Waals surface area contributed by atoms with Crippen LogP contribution in [0.5, 0.6) is 0 Å². The van der Waals surface area contributed by atoms with Gasteiger partial charge in [0.05, 0.1) is 31.3 Å². The van der Waals surface area contributed by atoms with E-state index in [1.54, 1.807) is 34.6 Å². The third-order valence-electron chi connectivity index (χ3n) is 3.57. The van der Waals surface area contributed by atoms with Crippen LogP contribution in [0.1, 0.15) is 66.3 Å². The van der Waals surface area contributed by atoms with Crippen LogP contribution in [0.3, 0.4) is 0 Å². The second kappa shape index (κ2) is 11.8. The minimum absolute atomic E-state index is 0.175. The average molecular weight is 463 g/mol. The number of ether oxygens (including phenoxy) is 2. The summed E-state index contributed by atoms with van der Waals surface area (Å²) in [5.41, 5.74) is -0.641. The number of carbonyl (C=O) groups excluding carboxylic acids is 1. The van der Waals surface area contributed by atoms with Gasteiger partial charge in [-0.3, -0.25) is 9.05 Å². The summed E-state index contributed by atoms with van der Waals surface area (Å²) in [5.74, 6) is -0.280. The van der Waals surface area contributed by atoms with E-state index in [1.807, 2.05) is 38.3 Å². The molecule has 1 rings (SSSR count). The van der Waals surface area contributed by atoms with E-state index in [4.69, 9.17) is 18.5 Å². The highest BCUT2D eigenvalue weighted by atomic mass is 32.1. The molecule has 1 aromatic rings. The largest absolute Gasteiger partial charge is 0.478 e. The zero-order valence-corrected chi connectivity index (χ0v) is 20.8. The van der Waals surface area contributed by atoms with Crippen molar-refractivity contribution in [2.24, 2.45) is 10.7 Å². The van der Waals surface area contributed by atoms with E-state index >= 15 is 0 Å². The minimum Gasteiger partial charge on any atom is -0.478 e. The maximum absolute atomic E-state index is 13.0. The van der Waals surface area contributed by atoms with Gasteiger partial charge in [-0.1, -0.05) is 13.0 Å². The van der Waals surface area contributed by atoms with Gasteiger partial charge in [-0.05, 0) is 59.9 Å². The standard InChI is InChI=1S/C20H35N2O6PS/c1-9-25-29(24,26-10-2)22-18(27-14(3)4)15(5)17(16-12-11-13-30-16)21-19(23)28-20(6,7)8/h11-15,17H,9-10H2,1-8H3,(H,21,23)/b22-18-/t15-,17+/m1/s1. The molecule has 172 valence electrons. The quantitative estimate of drug-likeness (QED) is 0.262. The molecule has 8 nitrogen and oxygen atoms in total. The van der Waals surface area contributed by atoms with Crippen molar-refractivity contribution in [3.63, 3.8) is 0 Å². The number of thiophene rings is 1. The van der Waals surface area contributed by atoms with Crippen LogP contribution in [0, 0.1) is 5.92 Å². The molecule has 0 aliphatic rings. The summed E-state index contributed by atoms with van der Waals surface area (Å²) in [5, 5.41) is 4.81. The highest BCUT2D eigenvalue weighted by molar-refractivity contribution is 7.52. The average Bonchev–Trinajstić information content (AvgIpc) is 3.11. The van der Waals surface area contributed by atoms with Gasteiger partial charge in [0, 0.05) is 4.88 Å². The van der Waals surface area contributed by atoms with Crippen LogP contribution in [-0.2, 0) is 23.1 Å². The molecule has 0 saturated carbocycles. The van der Waals surface area contributed by atoms with Crippen molar-refractivity contribution in [3.05, 3.63) is 22.4 Å². The van der Waals surface area contributed by atoms with Gasteiger partial charge in [-0.25, -0.2) is 9.36 Å².